The minimum absolute atomic E-state index is 0.0974. The van der Waals surface area contributed by atoms with Gasteiger partial charge in [0.1, 0.15) is 6.54 Å². The SMILES string of the molecule is CC(C)(C)OCCOCCOCCCCOCCOCC[N+](C)(C)C. The van der Waals surface area contributed by atoms with Crippen LogP contribution in [0.5, 0.6) is 0 Å². The van der Waals surface area contributed by atoms with Gasteiger partial charge in [-0.1, -0.05) is 0 Å². The lowest BCUT2D eigenvalue weighted by atomic mass is 10.2. The van der Waals surface area contributed by atoms with Crippen molar-refractivity contribution in [1.82, 2.24) is 0 Å². The van der Waals surface area contributed by atoms with Crippen LogP contribution in [0, 0.1) is 0 Å². The van der Waals surface area contributed by atoms with Crippen LogP contribution in [0.2, 0.25) is 0 Å². The number of ether oxygens (including phenoxy) is 5. The number of rotatable bonds is 17. The van der Waals surface area contributed by atoms with E-state index in [-0.39, 0.29) is 5.60 Å². The van der Waals surface area contributed by atoms with Gasteiger partial charge >= 0.3 is 0 Å². The summed E-state index contributed by atoms with van der Waals surface area (Å²) in [5, 5.41) is 0. The molecule has 0 spiro atoms. The summed E-state index contributed by atoms with van der Waals surface area (Å²) in [6, 6.07) is 0. The fourth-order valence-electron chi connectivity index (χ4n) is 1.80. The maximum atomic E-state index is 5.57. The molecule has 0 aromatic heterocycles. The van der Waals surface area contributed by atoms with Crippen molar-refractivity contribution in [3.63, 3.8) is 0 Å². The van der Waals surface area contributed by atoms with Gasteiger partial charge in [-0.3, -0.25) is 0 Å². The molecule has 0 radical (unpaired) electrons. The third-order valence-electron chi connectivity index (χ3n) is 3.24. The van der Waals surface area contributed by atoms with E-state index in [0.717, 1.165) is 43.7 Å². The Hall–Kier alpha value is -0.240. The van der Waals surface area contributed by atoms with Gasteiger partial charge in [-0.2, -0.15) is 0 Å². The van der Waals surface area contributed by atoms with Crippen molar-refractivity contribution in [1.29, 1.82) is 0 Å². The van der Waals surface area contributed by atoms with Crippen LogP contribution in [-0.2, 0) is 23.7 Å². The highest BCUT2D eigenvalue weighted by molar-refractivity contribution is 4.57. The van der Waals surface area contributed by atoms with Crippen molar-refractivity contribution >= 4 is 0 Å². The zero-order valence-electron chi connectivity index (χ0n) is 17.5. The van der Waals surface area contributed by atoms with Crippen molar-refractivity contribution in [2.75, 3.05) is 87.1 Å². The first-order chi connectivity index (χ1) is 11.7. The Kier molecular flexibility index (Phi) is 14.7. The summed E-state index contributed by atoms with van der Waals surface area (Å²) in [5.41, 5.74) is -0.0974. The number of nitrogens with zero attached hydrogens (tertiary/aromatic N) is 1. The summed E-state index contributed by atoms with van der Waals surface area (Å²) < 4.78 is 28.6. The molecule has 0 atom stereocenters. The Morgan fingerprint density at radius 1 is 0.560 bits per heavy atom. The molecule has 0 aromatic rings. The van der Waals surface area contributed by atoms with Gasteiger partial charge in [0.2, 0.25) is 0 Å². The Labute approximate surface area is 155 Å². The number of unbranched alkanes of at least 4 members (excludes halogenated alkanes) is 1. The van der Waals surface area contributed by atoms with E-state index < -0.39 is 0 Å². The first-order valence-corrected chi connectivity index (χ1v) is 9.46. The molecule has 25 heavy (non-hydrogen) atoms. The van der Waals surface area contributed by atoms with Crippen molar-refractivity contribution < 1.29 is 28.2 Å². The van der Waals surface area contributed by atoms with Gasteiger partial charge in [0, 0.05) is 13.2 Å². The number of hydrogen-bond donors (Lipinski definition) is 0. The fraction of sp³-hybridized carbons (Fsp3) is 1.00. The fourth-order valence-corrected chi connectivity index (χ4v) is 1.80. The van der Waals surface area contributed by atoms with Crippen LogP contribution in [0.1, 0.15) is 33.6 Å². The molecule has 6 nitrogen and oxygen atoms in total. The van der Waals surface area contributed by atoms with Crippen molar-refractivity contribution in [3.8, 4) is 0 Å². The van der Waals surface area contributed by atoms with E-state index in [1.165, 1.54) is 0 Å². The average Bonchev–Trinajstić information content (AvgIpc) is 2.48. The predicted molar refractivity (Wildman–Crippen MR) is 101 cm³/mol. The number of hydrogen-bond acceptors (Lipinski definition) is 5. The maximum Gasteiger partial charge on any atom is 0.102 e. The summed E-state index contributed by atoms with van der Waals surface area (Å²) in [6.45, 7) is 13.3. The Bertz CT molecular complexity index is 259. The zero-order valence-corrected chi connectivity index (χ0v) is 17.5. The molecule has 0 aliphatic carbocycles. The second-order valence-corrected chi connectivity index (χ2v) is 8.13. The van der Waals surface area contributed by atoms with Crippen LogP contribution < -0.4 is 0 Å². The highest BCUT2D eigenvalue weighted by Crippen LogP contribution is 2.05. The zero-order chi connectivity index (χ0) is 19.0. The first-order valence-electron chi connectivity index (χ1n) is 9.46. The Morgan fingerprint density at radius 3 is 1.40 bits per heavy atom. The van der Waals surface area contributed by atoms with Gasteiger partial charge in [0.15, 0.2) is 0 Å². The highest BCUT2D eigenvalue weighted by Gasteiger charge is 2.08. The van der Waals surface area contributed by atoms with E-state index in [4.69, 9.17) is 23.7 Å². The quantitative estimate of drug-likeness (QED) is 0.293. The molecule has 0 heterocycles. The molecule has 6 heteroatoms. The van der Waals surface area contributed by atoms with Crippen molar-refractivity contribution in [2.24, 2.45) is 0 Å². The van der Waals surface area contributed by atoms with Crippen LogP contribution in [0.25, 0.3) is 0 Å². The van der Waals surface area contributed by atoms with Crippen molar-refractivity contribution in [2.45, 2.75) is 39.2 Å². The lowest BCUT2D eigenvalue weighted by Crippen LogP contribution is -2.37. The van der Waals surface area contributed by atoms with Gasteiger partial charge in [-0.15, -0.1) is 0 Å². The molecule has 152 valence electrons. The molecule has 0 rings (SSSR count). The minimum atomic E-state index is -0.0974. The monoisotopic (exact) mass is 364 g/mol. The minimum Gasteiger partial charge on any atom is -0.379 e. The van der Waals surface area contributed by atoms with Crippen LogP contribution >= 0.6 is 0 Å². The molecule has 0 bridgehead atoms. The second kappa shape index (κ2) is 14.9. The molecule has 0 aliphatic rings. The predicted octanol–water partition coefficient (Wildman–Crippen LogP) is 2.35. The van der Waals surface area contributed by atoms with E-state index in [1.54, 1.807) is 0 Å². The van der Waals surface area contributed by atoms with E-state index >= 15 is 0 Å². The highest BCUT2D eigenvalue weighted by atomic mass is 16.5. The summed E-state index contributed by atoms with van der Waals surface area (Å²) in [6.07, 6.45) is 2.02. The molecular formula is C19H42NO5+. The molecule has 0 saturated carbocycles. The lowest BCUT2D eigenvalue weighted by Gasteiger charge is -2.23. The Balaban J connectivity index is 3.08. The molecule has 0 unspecified atom stereocenters. The van der Waals surface area contributed by atoms with E-state index in [9.17, 15) is 0 Å². The van der Waals surface area contributed by atoms with Crippen LogP contribution in [0.15, 0.2) is 0 Å². The topological polar surface area (TPSA) is 46.2 Å². The Morgan fingerprint density at radius 2 is 0.960 bits per heavy atom. The maximum absolute atomic E-state index is 5.57. The average molecular weight is 365 g/mol. The third-order valence-corrected chi connectivity index (χ3v) is 3.24. The third kappa shape index (κ3) is 23.8. The van der Waals surface area contributed by atoms with Gasteiger partial charge in [-0.05, 0) is 33.6 Å². The van der Waals surface area contributed by atoms with E-state index in [1.807, 2.05) is 20.8 Å². The smallest absolute Gasteiger partial charge is 0.102 e. The molecule has 0 aliphatic heterocycles. The molecule has 0 fully saturated rings. The molecule has 0 saturated heterocycles. The van der Waals surface area contributed by atoms with Gasteiger partial charge in [0.05, 0.1) is 73.0 Å². The normalized spacial score (nSPS) is 12.7. The first kappa shape index (κ1) is 24.8. The largest absolute Gasteiger partial charge is 0.379 e. The number of quaternary nitrogens is 1. The van der Waals surface area contributed by atoms with Gasteiger partial charge < -0.3 is 28.2 Å². The van der Waals surface area contributed by atoms with Crippen molar-refractivity contribution in [3.05, 3.63) is 0 Å². The summed E-state index contributed by atoms with van der Waals surface area (Å²) in [4.78, 5) is 0. The standard InChI is InChI=1S/C19H42NO5/c1-19(2,3)25-18-17-24-16-14-22-11-8-7-10-21-13-15-23-12-9-20(4,5)6/h7-18H2,1-6H3/q+1. The molecular weight excluding hydrogens is 322 g/mol. The van der Waals surface area contributed by atoms with E-state index in [2.05, 4.69) is 21.1 Å². The summed E-state index contributed by atoms with van der Waals surface area (Å²) in [5.74, 6) is 0. The van der Waals surface area contributed by atoms with Crippen LogP contribution in [0.3, 0.4) is 0 Å². The van der Waals surface area contributed by atoms with E-state index in [0.29, 0.717) is 39.6 Å². The molecule has 0 N–H and O–H groups in total. The van der Waals surface area contributed by atoms with Gasteiger partial charge in [0.25, 0.3) is 0 Å². The summed E-state index contributed by atoms with van der Waals surface area (Å²) in [7, 11) is 6.49. The van der Waals surface area contributed by atoms with Crippen LogP contribution in [-0.4, -0.2) is 97.2 Å². The molecule has 0 aromatic carbocycles. The van der Waals surface area contributed by atoms with Gasteiger partial charge in [-0.25, -0.2) is 0 Å². The summed E-state index contributed by atoms with van der Waals surface area (Å²) >= 11 is 0. The van der Waals surface area contributed by atoms with Crippen LogP contribution in [0.4, 0.5) is 0 Å². The second-order valence-electron chi connectivity index (χ2n) is 8.13. The number of likely N-dealkylation sites (N-methyl/N-ethyl adjacent to an activating group) is 1. The lowest BCUT2D eigenvalue weighted by molar-refractivity contribution is -0.870. The molecule has 0 amide bonds.